The Hall–Kier alpha value is -1.09. The van der Waals surface area contributed by atoms with Crippen LogP contribution < -0.4 is 0 Å². The molecule has 0 saturated heterocycles. The van der Waals surface area contributed by atoms with Gasteiger partial charge in [0, 0.05) is 11.1 Å². The van der Waals surface area contributed by atoms with E-state index in [0.29, 0.717) is 10.7 Å². The fourth-order valence-corrected chi connectivity index (χ4v) is 2.43. The molecule has 19 heavy (non-hydrogen) atoms. The number of hydrogen-bond acceptors (Lipinski definition) is 3. The summed E-state index contributed by atoms with van der Waals surface area (Å²) in [6.45, 7) is 6.12. The molecule has 0 bridgehead atoms. The third-order valence-corrected chi connectivity index (χ3v) is 3.57. The molecule has 1 aromatic rings. The van der Waals surface area contributed by atoms with Gasteiger partial charge in [0.1, 0.15) is 11.3 Å². The number of esters is 1. The van der Waals surface area contributed by atoms with E-state index >= 15 is 0 Å². The number of pyridine rings is 1. The van der Waals surface area contributed by atoms with Crippen LogP contribution in [0, 0.1) is 0 Å². The van der Waals surface area contributed by atoms with Crippen molar-refractivity contribution in [1.29, 1.82) is 0 Å². The largest absolute Gasteiger partial charge is 0.459 e. The molecule has 1 aromatic heterocycles. The first-order valence-corrected chi connectivity index (χ1v) is 7.13. The van der Waals surface area contributed by atoms with Crippen molar-refractivity contribution in [1.82, 2.24) is 4.98 Å². The lowest BCUT2D eigenvalue weighted by atomic mass is 9.91. The average Bonchev–Trinajstić information content (AvgIpc) is 2.79. The van der Waals surface area contributed by atoms with Crippen LogP contribution in [0.2, 0.25) is 5.15 Å². The molecule has 0 unspecified atom stereocenters. The van der Waals surface area contributed by atoms with Crippen LogP contribution in [0.5, 0.6) is 0 Å². The van der Waals surface area contributed by atoms with Crippen molar-refractivity contribution in [3.8, 4) is 0 Å². The van der Waals surface area contributed by atoms with Crippen molar-refractivity contribution < 1.29 is 9.53 Å². The van der Waals surface area contributed by atoms with Crippen molar-refractivity contribution in [3.63, 3.8) is 0 Å². The van der Waals surface area contributed by atoms with Gasteiger partial charge in [-0.2, -0.15) is 0 Å². The number of carbonyl (C=O) groups excluding carboxylic acids is 1. The lowest BCUT2D eigenvalue weighted by Gasteiger charge is -2.19. The van der Waals surface area contributed by atoms with Gasteiger partial charge in [-0.05, 0) is 37.8 Å². The van der Waals surface area contributed by atoms with Gasteiger partial charge in [-0.25, -0.2) is 9.78 Å². The summed E-state index contributed by atoms with van der Waals surface area (Å²) in [5.41, 5.74) is 1.16. The van der Waals surface area contributed by atoms with Crippen LogP contribution in [0.15, 0.2) is 12.1 Å². The highest BCUT2D eigenvalue weighted by molar-refractivity contribution is 6.29. The van der Waals surface area contributed by atoms with E-state index in [4.69, 9.17) is 16.3 Å². The molecule has 1 saturated carbocycles. The lowest BCUT2D eigenvalue weighted by molar-refractivity contribution is 0.0317. The van der Waals surface area contributed by atoms with Crippen molar-refractivity contribution in [2.75, 3.05) is 0 Å². The van der Waals surface area contributed by atoms with Crippen LogP contribution in [0.1, 0.15) is 62.5 Å². The Morgan fingerprint density at radius 2 is 1.95 bits per heavy atom. The number of aromatic nitrogens is 1. The van der Waals surface area contributed by atoms with Crippen LogP contribution in [-0.2, 0) is 10.2 Å². The molecule has 0 radical (unpaired) electrons. The summed E-state index contributed by atoms with van der Waals surface area (Å²) < 4.78 is 5.49. The van der Waals surface area contributed by atoms with Crippen LogP contribution in [0.4, 0.5) is 0 Å². The minimum atomic E-state index is -0.290. The predicted octanol–water partition coefficient (Wildman–Crippen LogP) is 4.13. The molecule has 0 spiro atoms. The molecule has 0 aromatic carbocycles. The Morgan fingerprint density at radius 3 is 2.53 bits per heavy atom. The Labute approximate surface area is 119 Å². The number of rotatable bonds is 2. The number of carbonyl (C=O) groups is 1. The van der Waals surface area contributed by atoms with Crippen molar-refractivity contribution >= 4 is 17.6 Å². The van der Waals surface area contributed by atoms with Gasteiger partial charge < -0.3 is 4.74 Å². The van der Waals surface area contributed by atoms with E-state index in [1.807, 2.05) is 20.8 Å². The van der Waals surface area contributed by atoms with E-state index in [9.17, 15) is 4.79 Å². The Morgan fingerprint density at radius 1 is 1.32 bits per heavy atom. The minimum absolute atomic E-state index is 0.0672. The maximum atomic E-state index is 12.1. The molecule has 1 aliphatic carbocycles. The molecular weight excluding hydrogens is 262 g/mol. The summed E-state index contributed by atoms with van der Waals surface area (Å²) in [7, 11) is 0. The molecule has 2 rings (SSSR count). The predicted molar refractivity (Wildman–Crippen MR) is 75.6 cm³/mol. The van der Waals surface area contributed by atoms with E-state index in [1.165, 1.54) is 0 Å². The van der Waals surface area contributed by atoms with Crippen LogP contribution in [-0.4, -0.2) is 17.1 Å². The highest BCUT2D eigenvalue weighted by Gasteiger charge is 2.23. The number of nitrogens with zero attached hydrogens (tertiary/aromatic N) is 1. The minimum Gasteiger partial charge on any atom is -0.459 e. The van der Waals surface area contributed by atoms with Gasteiger partial charge in [-0.15, -0.1) is 0 Å². The summed E-state index contributed by atoms with van der Waals surface area (Å²) in [5.74, 6) is -0.290. The normalized spacial score (nSPS) is 16.6. The Bertz CT molecular complexity index is 474. The second-order valence-corrected chi connectivity index (χ2v) is 6.51. The van der Waals surface area contributed by atoms with Crippen LogP contribution >= 0.6 is 11.6 Å². The van der Waals surface area contributed by atoms with Crippen LogP contribution in [0.3, 0.4) is 0 Å². The zero-order valence-electron chi connectivity index (χ0n) is 11.7. The standard InChI is InChI=1S/C15H20ClNO2/c1-15(2,3)12-8-10(9-13(16)17-12)14(18)19-11-6-4-5-7-11/h8-9,11H,4-7H2,1-3H3. The summed E-state index contributed by atoms with van der Waals surface area (Å²) in [5, 5.41) is 0.339. The lowest BCUT2D eigenvalue weighted by Crippen LogP contribution is -2.18. The van der Waals surface area contributed by atoms with Gasteiger partial charge >= 0.3 is 5.97 Å². The van der Waals surface area contributed by atoms with E-state index in [2.05, 4.69) is 4.98 Å². The third-order valence-electron chi connectivity index (χ3n) is 3.37. The topological polar surface area (TPSA) is 39.2 Å². The highest BCUT2D eigenvalue weighted by atomic mass is 35.5. The molecule has 0 N–H and O–H groups in total. The fraction of sp³-hybridized carbons (Fsp3) is 0.600. The highest BCUT2D eigenvalue weighted by Crippen LogP contribution is 2.26. The van der Waals surface area contributed by atoms with Gasteiger partial charge in [0.05, 0.1) is 5.56 Å². The molecule has 104 valence electrons. The fourth-order valence-electron chi connectivity index (χ4n) is 2.22. The third kappa shape index (κ3) is 3.69. The maximum absolute atomic E-state index is 12.1. The first-order chi connectivity index (χ1) is 8.86. The van der Waals surface area contributed by atoms with Gasteiger partial charge in [0.15, 0.2) is 0 Å². The van der Waals surface area contributed by atoms with E-state index in [0.717, 1.165) is 31.4 Å². The Kier molecular flexibility index (Phi) is 4.14. The quantitative estimate of drug-likeness (QED) is 0.604. The zero-order chi connectivity index (χ0) is 14.0. The van der Waals surface area contributed by atoms with Crippen molar-refractivity contribution in [2.24, 2.45) is 0 Å². The zero-order valence-corrected chi connectivity index (χ0v) is 12.5. The first-order valence-electron chi connectivity index (χ1n) is 6.75. The number of halogens is 1. The Balaban J connectivity index is 2.19. The SMILES string of the molecule is CC(C)(C)c1cc(C(=O)OC2CCCC2)cc(Cl)n1. The molecule has 0 amide bonds. The van der Waals surface area contributed by atoms with E-state index < -0.39 is 0 Å². The van der Waals surface area contributed by atoms with E-state index in [-0.39, 0.29) is 17.5 Å². The van der Waals surface area contributed by atoms with E-state index in [1.54, 1.807) is 12.1 Å². The summed E-state index contributed by atoms with van der Waals surface area (Å²) in [6.07, 6.45) is 4.29. The summed E-state index contributed by atoms with van der Waals surface area (Å²) in [4.78, 5) is 16.4. The number of hydrogen-bond donors (Lipinski definition) is 0. The molecule has 0 atom stereocenters. The monoisotopic (exact) mass is 281 g/mol. The molecular formula is C15H20ClNO2. The first kappa shape index (κ1) is 14.3. The van der Waals surface area contributed by atoms with Gasteiger partial charge in [0.25, 0.3) is 0 Å². The second-order valence-electron chi connectivity index (χ2n) is 6.13. The van der Waals surface area contributed by atoms with Crippen molar-refractivity contribution in [3.05, 3.63) is 28.5 Å². The smallest absolute Gasteiger partial charge is 0.338 e. The molecule has 1 heterocycles. The molecule has 1 aliphatic rings. The molecule has 0 aliphatic heterocycles. The number of ether oxygens (including phenoxy) is 1. The van der Waals surface area contributed by atoms with Crippen molar-refractivity contribution in [2.45, 2.75) is 58.0 Å². The summed E-state index contributed by atoms with van der Waals surface area (Å²) >= 11 is 6.00. The molecule has 1 fully saturated rings. The molecule has 4 heteroatoms. The molecule has 3 nitrogen and oxygen atoms in total. The average molecular weight is 282 g/mol. The van der Waals surface area contributed by atoms with Gasteiger partial charge in [0.2, 0.25) is 0 Å². The van der Waals surface area contributed by atoms with Gasteiger partial charge in [-0.1, -0.05) is 32.4 Å². The van der Waals surface area contributed by atoms with Gasteiger partial charge in [-0.3, -0.25) is 0 Å². The maximum Gasteiger partial charge on any atom is 0.338 e. The second kappa shape index (κ2) is 5.49. The van der Waals surface area contributed by atoms with Crippen LogP contribution in [0.25, 0.3) is 0 Å². The summed E-state index contributed by atoms with van der Waals surface area (Å²) in [6, 6.07) is 3.36.